The van der Waals surface area contributed by atoms with E-state index >= 15 is 0 Å². The highest BCUT2D eigenvalue weighted by atomic mass is 32.2. The summed E-state index contributed by atoms with van der Waals surface area (Å²) in [6, 6.07) is 9.26. The number of pyridine rings is 1. The molecule has 0 spiro atoms. The molecule has 0 saturated carbocycles. The summed E-state index contributed by atoms with van der Waals surface area (Å²) in [4.78, 5) is 3.53. The van der Waals surface area contributed by atoms with Gasteiger partial charge >= 0.3 is 6.18 Å². The van der Waals surface area contributed by atoms with Crippen molar-refractivity contribution in [2.75, 3.05) is 6.26 Å². The van der Waals surface area contributed by atoms with Crippen LogP contribution in [0.3, 0.4) is 0 Å². The highest BCUT2D eigenvalue weighted by Gasteiger charge is 2.32. The van der Waals surface area contributed by atoms with Crippen molar-refractivity contribution in [3.63, 3.8) is 0 Å². The van der Waals surface area contributed by atoms with Gasteiger partial charge in [-0.05, 0) is 23.8 Å². The average Bonchev–Trinajstić information content (AvgIpc) is 2.44. The molecule has 0 aliphatic carbocycles. The monoisotopic (exact) mass is 331 g/mol. The van der Waals surface area contributed by atoms with Gasteiger partial charge in [-0.25, -0.2) is 13.4 Å². The summed E-state index contributed by atoms with van der Waals surface area (Å²) in [6.45, 7) is -0.0155. The number of rotatable bonds is 4. The van der Waals surface area contributed by atoms with Gasteiger partial charge in [-0.3, -0.25) is 0 Å². The van der Waals surface area contributed by atoms with Gasteiger partial charge in [-0.2, -0.15) is 13.2 Å². The van der Waals surface area contributed by atoms with Crippen molar-refractivity contribution in [1.29, 1.82) is 0 Å². The van der Waals surface area contributed by atoms with E-state index in [9.17, 15) is 21.6 Å². The van der Waals surface area contributed by atoms with Crippen LogP contribution >= 0.6 is 0 Å². The van der Waals surface area contributed by atoms with Crippen molar-refractivity contribution < 1.29 is 26.3 Å². The maximum atomic E-state index is 12.5. The standard InChI is InChI=1S/C14H12F3NO3S/c1-22(19,20)11-7-5-10(6-8-11)9-21-13-4-2-3-12(18-13)14(15,16)17/h2-8H,9H2,1H3. The Hall–Kier alpha value is -2.09. The molecular formula is C14H12F3NO3S. The fourth-order valence-electron chi connectivity index (χ4n) is 1.64. The smallest absolute Gasteiger partial charge is 0.433 e. The zero-order valence-electron chi connectivity index (χ0n) is 11.5. The molecular weight excluding hydrogens is 319 g/mol. The Bertz CT molecular complexity index is 756. The van der Waals surface area contributed by atoms with Crippen molar-refractivity contribution in [2.24, 2.45) is 0 Å². The van der Waals surface area contributed by atoms with E-state index in [2.05, 4.69) is 4.98 Å². The molecule has 0 bridgehead atoms. The Morgan fingerprint density at radius 3 is 2.27 bits per heavy atom. The summed E-state index contributed by atoms with van der Waals surface area (Å²) in [5.41, 5.74) is -0.413. The van der Waals surface area contributed by atoms with E-state index in [1.54, 1.807) is 0 Å². The second-order valence-corrected chi connectivity index (χ2v) is 6.58. The lowest BCUT2D eigenvalue weighted by Crippen LogP contribution is -2.08. The van der Waals surface area contributed by atoms with Crippen molar-refractivity contribution in [2.45, 2.75) is 17.7 Å². The van der Waals surface area contributed by atoms with Crippen molar-refractivity contribution in [3.8, 4) is 5.88 Å². The highest BCUT2D eigenvalue weighted by molar-refractivity contribution is 7.90. The van der Waals surface area contributed by atoms with Gasteiger partial charge in [-0.1, -0.05) is 18.2 Å². The summed E-state index contributed by atoms with van der Waals surface area (Å²) in [6.07, 6.45) is -3.44. The van der Waals surface area contributed by atoms with Crippen molar-refractivity contribution >= 4 is 9.84 Å². The largest absolute Gasteiger partial charge is 0.473 e. The number of nitrogens with zero attached hydrogens (tertiary/aromatic N) is 1. The molecule has 2 aromatic rings. The zero-order valence-corrected chi connectivity index (χ0v) is 12.3. The SMILES string of the molecule is CS(=O)(=O)c1ccc(COc2cccc(C(F)(F)F)n2)cc1. The van der Waals surface area contributed by atoms with E-state index in [1.165, 1.54) is 36.4 Å². The number of hydrogen-bond donors (Lipinski definition) is 0. The van der Waals surface area contributed by atoms with Gasteiger partial charge in [0.15, 0.2) is 9.84 Å². The van der Waals surface area contributed by atoms with E-state index in [4.69, 9.17) is 4.74 Å². The van der Waals surface area contributed by atoms with Crippen molar-refractivity contribution in [1.82, 2.24) is 4.98 Å². The summed E-state index contributed by atoms with van der Waals surface area (Å²) in [7, 11) is -3.29. The summed E-state index contributed by atoms with van der Waals surface area (Å²) < 4.78 is 65.3. The first-order valence-corrected chi connectivity index (χ1v) is 8.01. The van der Waals surface area contributed by atoms with Gasteiger partial charge in [0, 0.05) is 12.3 Å². The molecule has 0 atom stereocenters. The fourth-order valence-corrected chi connectivity index (χ4v) is 2.27. The minimum absolute atomic E-state index is 0.0155. The molecule has 2 rings (SSSR count). The predicted octanol–water partition coefficient (Wildman–Crippen LogP) is 3.08. The van der Waals surface area contributed by atoms with E-state index in [-0.39, 0.29) is 17.4 Å². The summed E-state index contributed by atoms with van der Waals surface area (Å²) in [5.74, 6) is -0.151. The quantitative estimate of drug-likeness (QED) is 0.864. The lowest BCUT2D eigenvalue weighted by molar-refractivity contribution is -0.141. The van der Waals surface area contributed by atoms with Gasteiger partial charge in [0.1, 0.15) is 12.3 Å². The van der Waals surface area contributed by atoms with Crippen LogP contribution in [0.5, 0.6) is 5.88 Å². The third-order valence-corrected chi connectivity index (χ3v) is 3.88. The maximum Gasteiger partial charge on any atom is 0.433 e. The van der Waals surface area contributed by atoms with E-state index in [0.717, 1.165) is 12.3 Å². The van der Waals surface area contributed by atoms with Crippen LogP contribution in [0.15, 0.2) is 47.4 Å². The minimum atomic E-state index is -4.53. The molecule has 1 heterocycles. The lowest BCUT2D eigenvalue weighted by Gasteiger charge is -2.09. The molecule has 0 fully saturated rings. The Kier molecular flexibility index (Phi) is 4.41. The molecule has 8 heteroatoms. The van der Waals surface area contributed by atoms with Crippen LogP contribution in [0.2, 0.25) is 0 Å². The van der Waals surface area contributed by atoms with Crippen LogP contribution in [0, 0.1) is 0 Å². The number of sulfone groups is 1. The molecule has 1 aromatic carbocycles. The van der Waals surface area contributed by atoms with Crippen LogP contribution in [0.1, 0.15) is 11.3 Å². The minimum Gasteiger partial charge on any atom is -0.473 e. The summed E-state index contributed by atoms with van der Waals surface area (Å²) >= 11 is 0. The van der Waals surface area contributed by atoms with E-state index in [1.807, 2.05) is 0 Å². The molecule has 0 amide bonds. The third kappa shape index (κ3) is 4.20. The highest BCUT2D eigenvalue weighted by Crippen LogP contribution is 2.28. The van der Waals surface area contributed by atoms with Gasteiger partial charge < -0.3 is 4.74 Å². The molecule has 0 aliphatic heterocycles. The van der Waals surface area contributed by atoms with Crippen LogP contribution in [0.25, 0.3) is 0 Å². The van der Waals surface area contributed by atoms with Gasteiger partial charge in [-0.15, -0.1) is 0 Å². The molecule has 0 saturated heterocycles. The summed E-state index contributed by atoms with van der Waals surface area (Å²) in [5, 5.41) is 0. The number of hydrogen-bond acceptors (Lipinski definition) is 4. The zero-order chi connectivity index (χ0) is 16.4. The van der Waals surface area contributed by atoms with Crippen LogP contribution < -0.4 is 4.74 Å². The van der Waals surface area contributed by atoms with Gasteiger partial charge in [0.05, 0.1) is 4.90 Å². The van der Waals surface area contributed by atoms with Crippen LogP contribution in [-0.2, 0) is 22.6 Å². The normalized spacial score (nSPS) is 12.2. The Labute approximate surface area is 125 Å². The topological polar surface area (TPSA) is 56.3 Å². The fraction of sp³-hybridized carbons (Fsp3) is 0.214. The second-order valence-electron chi connectivity index (χ2n) is 4.56. The molecule has 4 nitrogen and oxygen atoms in total. The second kappa shape index (κ2) is 5.96. The predicted molar refractivity (Wildman–Crippen MR) is 73.1 cm³/mol. The number of ether oxygens (including phenoxy) is 1. The Balaban J connectivity index is 2.07. The average molecular weight is 331 g/mol. The number of halogens is 3. The number of alkyl halides is 3. The van der Waals surface area contributed by atoms with Gasteiger partial charge in [0.25, 0.3) is 0 Å². The first-order chi connectivity index (χ1) is 10.2. The molecule has 22 heavy (non-hydrogen) atoms. The Morgan fingerprint density at radius 2 is 1.73 bits per heavy atom. The first-order valence-electron chi connectivity index (χ1n) is 6.12. The molecule has 0 radical (unpaired) electrons. The molecule has 118 valence electrons. The Morgan fingerprint density at radius 1 is 1.09 bits per heavy atom. The lowest BCUT2D eigenvalue weighted by atomic mass is 10.2. The van der Waals surface area contributed by atoms with Crippen LogP contribution in [-0.4, -0.2) is 19.7 Å². The number of aromatic nitrogens is 1. The maximum absolute atomic E-state index is 12.5. The first kappa shape index (κ1) is 16.3. The molecule has 1 aromatic heterocycles. The van der Waals surface area contributed by atoms with Gasteiger partial charge in [0.2, 0.25) is 5.88 Å². The third-order valence-electron chi connectivity index (χ3n) is 2.75. The molecule has 0 aliphatic rings. The van der Waals surface area contributed by atoms with E-state index < -0.39 is 21.7 Å². The molecule has 0 unspecified atom stereocenters. The van der Waals surface area contributed by atoms with Crippen LogP contribution in [0.4, 0.5) is 13.2 Å². The van der Waals surface area contributed by atoms with E-state index in [0.29, 0.717) is 5.56 Å². The van der Waals surface area contributed by atoms with Crippen molar-refractivity contribution in [3.05, 3.63) is 53.7 Å². The molecule has 0 N–H and O–H groups in total. The number of benzene rings is 1.